The lowest BCUT2D eigenvalue weighted by molar-refractivity contribution is 0.388. The number of nitrogens with two attached hydrogens (primary N) is 1. The zero-order chi connectivity index (χ0) is 10.8. The second-order valence-corrected chi connectivity index (χ2v) is 4.48. The Morgan fingerprint density at radius 2 is 2.13 bits per heavy atom. The molecule has 0 bridgehead atoms. The first-order chi connectivity index (χ1) is 7.16. The maximum atomic E-state index is 5.67. The van der Waals surface area contributed by atoms with E-state index in [1.165, 1.54) is 19.2 Å². The van der Waals surface area contributed by atoms with Crippen LogP contribution in [-0.2, 0) is 0 Å². The van der Waals surface area contributed by atoms with Crippen LogP contribution in [0.5, 0.6) is 0 Å². The van der Waals surface area contributed by atoms with Gasteiger partial charge in [-0.1, -0.05) is 6.92 Å². The van der Waals surface area contributed by atoms with Crippen LogP contribution in [0.4, 0.5) is 11.6 Å². The van der Waals surface area contributed by atoms with Crippen LogP contribution in [0.15, 0.2) is 12.4 Å². The topological polar surface area (TPSA) is 55.0 Å². The first-order valence-electron chi connectivity index (χ1n) is 5.51. The van der Waals surface area contributed by atoms with Gasteiger partial charge in [0.2, 0.25) is 0 Å². The minimum absolute atomic E-state index is 0.547. The Bertz CT molecular complexity index is 339. The third-order valence-electron chi connectivity index (χ3n) is 3.09. The molecule has 1 fully saturated rings. The van der Waals surface area contributed by atoms with Crippen molar-refractivity contribution in [2.75, 3.05) is 17.2 Å². The molecule has 0 radical (unpaired) electrons. The normalized spacial score (nSPS) is 26.7. The highest BCUT2D eigenvalue weighted by Gasteiger charge is 2.23. The number of nitrogen functional groups attached to an aromatic ring is 1. The van der Waals surface area contributed by atoms with E-state index in [9.17, 15) is 0 Å². The van der Waals surface area contributed by atoms with Gasteiger partial charge in [-0.15, -0.1) is 0 Å². The van der Waals surface area contributed by atoms with Crippen molar-refractivity contribution in [3.63, 3.8) is 0 Å². The number of piperidine rings is 1. The van der Waals surface area contributed by atoms with Gasteiger partial charge in [0.25, 0.3) is 0 Å². The summed E-state index contributed by atoms with van der Waals surface area (Å²) in [6.45, 7) is 5.59. The standard InChI is InChI=1S/C11H18N4/c1-8-3-4-9(2)15(6-8)11-5-10(12)13-7-14-11/h5,7-9H,3-4,6H2,1-2H3,(H2,12,13,14). The zero-order valence-electron chi connectivity index (χ0n) is 9.35. The van der Waals surface area contributed by atoms with Crippen molar-refractivity contribution in [1.82, 2.24) is 9.97 Å². The minimum atomic E-state index is 0.547. The molecule has 4 nitrogen and oxygen atoms in total. The van der Waals surface area contributed by atoms with Gasteiger partial charge in [0.1, 0.15) is 18.0 Å². The first kappa shape index (κ1) is 10.2. The average Bonchev–Trinajstić information content (AvgIpc) is 2.22. The molecular weight excluding hydrogens is 188 g/mol. The molecule has 0 aliphatic carbocycles. The van der Waals surface area contributed by atoms with Gasteiger partial charge in [-0.05, 0) is 25.7 Å². The molecule has 0 aromatic carbocycles. The van der Waals surface area contributed by atoms with E-state index in [1.54, 1.807) is 0 Å². The van der Waals surface area contributed by atoms with E-state index >= 15 is 0 Å². The van der Waals surface area contributed by atoms with Gasteiger partial charge < -0.3 is 10.6 Å². The minimum Gasteiger partial charge on any atom is -0.384 e. The van der Waals surface area contributed by atoms with Crippen molar-refractivity contribution in [2.45, 2.75) is 32.7 Å². The van der Waals surface area contributed by atoms with Crippen LogP contribution in [-0.4, -0.2) is 22.6 Å². The number of rotatable bonds is 1. The van der Waals surface area contributed by atoms with Crippen LogP contribution in [0.1, 0.15) is 26.7 Å². The summed E-state index contributed by atoms with van der Waals surface area (Å²) in [6.07, 6.45) is 4.07. The monoisotopic (exact) mass is 206 g/mol. The molecule has 15 heavy (non-hydrogen) atoms. The van der Waals surface area contributed by atoms with Gasteiger partial charge in [-0.25, -0.2) is 9.97 Å². The summed E-state index contributed by atoms with van der Waals surface area (Å²) in [4.78, 5) is 10.5. The Balaban J connectivity index is 2.21. The maximum Gasteiger partial charge on any atom is 0.134 e. The third kappa shape index (κ3) is 2.19. The Morgan fingerprint density at radius 3 is 2.87 bits per heavy atom. The van der Waals surface area contributed by atoms with E-state index in [2.05, 4.69) is 28.7 Å². The van der Waals surface area contributed by atoms with Crippen molar-refractivity contribution in [3.8, 4) is 0 Å². The predicted octanol–water partition coefficient (Wildman–Crippen LogP) is 1.68. The van der Waals surface area contributed by atoms with Gasteiger partial charge >= 0.3 is 0 Å². The molecule has 1 aliphatic rings. The number of nitrogens with zero attached hydrogens (tertiary/aromatic N) is 3. The summed E-state index contributed by atoms with van der Waals surface area (Å²) in [5.74, 6) is 2.24. The molecule has 2 heterocycles. The fourth-order valence-corrected chi connectivity index (χ4v) is 2.13. The van der Waals surface area contributed by atoms with Gasteiger partial charge in [0, 0.05) is 18.7 Å². The van der Waals surface area contributed by atoms with Crippen LogP contribution in [0.25, 0.3) is 0 Å². The number of anilines is 2. The predicted molar refractivity (Wildman–Crippen MR) is 61.7 cm³/mol. The van der Waals surface area contributed by atoms with Crippen LogP contribution in [0.2, 0.25) is 0 Å². The Hall–Kier alpha value is -1.32. The second kappa shape index (κ2) is 4.04. The first-order valence-corrected chi connectivity index (χ1v) is 5.51. The van der Waals surface area contributed by atoms with E-state index < -0.39 is 0 Å². The van der Waals surface area contributed by atoms with Crippen molar-refractivity contribution in [2.24, 2.45) is 5.92 Å². The molecule has 2 unspecified atom stereocenters. The van der Waals surface area contributed by atoms with E-state index in [1.807, 2.05) is 6.07 Å². The summed E-state index contributed by atoms with van der Waals surface area (Å²) >= 11 is 0. The van der Waals surface area contributed by atoms with Gasteiger partial charge in [0.05, 0.1) is 0 Å². The quantitative estimate of drug-likeness (QED) is 0.759. The van der Waals surface area contributed by atoms with Crippen LogP contribution >= 0.6 is 0 Å². The molecule has 82 valence electrons. The van der Waals surface area contributed by atoms with Crippen LogP contribution in [0, 0.1) is 5.92 Å². The SMILES string of the molecule is CC1CCC(C)N(c2cc(N)ncn2)C1. The smallest absolute Gasteiger partial charge is 0.134 e. The van der Waals surface area contributed by atoms with E-state index in [0.29, 0.717) is 11.9 Å². The van der Waals surface area contributed by atoms with E-state index in [0.717, 1.165) is 18.3 Å². The van der Waals surface area contributed by atoms with E-state index in [4.69, 9.17) is 5.73 Å². The highest BCUT2D eigenvalue weighted by molar-refractivity contribution is 5.46. The highest BCUT2D eigenvalue weighted by Crippen LogP contribution is 2.26. The summed E-state index contributed by atoms with van der Waals surface area (Å²) in [6, 6.07) is 2.41. The zero-order valence-corrected chi connectivity index (χ0v) is 9.35. The number of hydrogen-bond donors (Lipinski definition) is 1. The van der Waals surface area contributed by atoms with Gasteiger partial charge in [0.15, 0.2) is 0 Å². The number of hydrogen-bond acceptors (Lipinski definition) is 4. The highest BCUT2D eigenvalue weighted by atomic mass is 15.2. The lowest BCUT2D eigenvalue weighted by Gasteiger charge is -2.37. The summed E-state index contributed by atoms with van der Waals surface area (Å²) < 4.78 is 0. The van der Waals surface area contributed by atoms with Gasteiger partial charge in [-0.3, -0.25) is 0 Å². The molecule has 1 aromatic rings. The summed E-state index contributed by atoms with van der Waals surface area (Å²) in [5, 5.41) is 0. The Morgan fingerprint density at radius 1 is 1.33 bits per heavy atom. The Kier molecular flexibility index (Phi) is 2.75. The molecule has 2 N–H and O–H groups in total. The Labute approximate surface area is 90.5 Å². The average molecular weight is 206 g/mol. The van der Waals surface area contributed by atoms with Crippen molar-refractivity contribution in [3.05, 3.63) is 12.4 Å². The fourth-order valence-electron chi connectivity index (χ4n) is 2.13. The molecule has 2 rings (SSSR count). The largest absolute Gasteiger partial charge is 0.384 e. The summed E-state index contributed by atoms with van der Waals surface area (Å²) in [7, 11) is 0. The maximum absolute atomic E-state index is 5.67. The molecule has 1 aliphatic heterocycles. The second-order valence-electron chi connectivity index (χ2n) is 4.48. The third-order valence-corrected chi connectivity index (χ3v) is 3.09. The number of aromatic nitrogens is 2. The van der Waals surface area contributed by atoms with Crippen molar-refractivity contribution in [1.29, 1.82) is 0 Å². The molecule has 4 heteroatoms. The molecule has 0 saturated carbocycles. The molecular formula is C11H18N4. The molecule has 0 spiro atoms. The van der Waals surface area contributed by atoms with Crippen LogP contribution in [0.3, 0.4) is 0 Å². The van der Waals surface area contributed by atoms with Gasteiger partial charge in [-0.2, -0.15) is 0 Å². The van der Waals surface area contributed by atoms with E-state index in [-0.39, 0.29) is 0 Å². The summed E-state index contributed by atoms with van der Waals surface area (Å²) in [5.41, 5.74) is 5.67. The lowest BCUT2D eigenvalue weighted by Crippen LogP contribution is -2.41. The van der Waals surface area contributed by atoms with Crippen LogP contribution < -0.4 is 10.6 Å². The molecule has 1 aromatic heterocycles. The molecule has 2 atom stereocenters. The molecule has 1 saturated heterocycles. The fraction of sp³-hybridized carbons (Fsp3) is 0.636. The molecule has 0 amide bonds. The van der Waals surface area contributed by atoms with Crippen molar-refractivity contribution >= 4 is 11.6 Å². The lowest BCUT2D eigenvalue weighted by atomic mass is 9.95. The van der Waals surface area contributed by atoms with Crippen molar-refractivity contribution < 1.29 is 0 Å².